The number of pyridine rings is 1. The van der Waals surface area contributed by atoms with E-state index in [4.69, 9.17) is 34.0 Å². The van der Waals surface area contributed by atoms with Gasteiger partial charge in [0.15, 0.2) is 17.2 Å². The second-order valence-electron chi connectivity index (χ2n) is 7.89. The number of aromatic nitrogens is 1. The van der Waals surface area contributed by atoms with Crippen molar-refractivity contribution in [2.45, 2.75) is 17.8 Å². The van der Waals surface area contributed by atoms with E-state index in [0.717, 1.165) is 18.3 Å². The molecule has 3 N–H and O–H groups in total. The molecule has 2 amide bonds. The Bertz CT molecular complexity index is 1500. The molecule has 1 heterocycles. The molecular formula is C22H10B3F8N3O5. The van der Waals surface area contributed by atoms with E-state index in [9.17, 15) is 44.7 Å². The van der Waals surface area contributed by atoms with Crippen molar-refractivity contribution in [1.29, 1.82) is 0 Å². The molecule has 0 aliphatic rings. The monoisotopic (exact) mass is 581 g/mol. The number of hydrogen-bond acceptors (Lipinski definition) is 6. The van der Waals surface area contributed by atoms with Gasteiger partial charge in [0.2, 0.25) is 5.82 Å². The highest BCUT2D eigenvalue weighted by atomic mass is 19.4. The maximum Gasteiger partial charge on any atom is 0.573 e. The Hall–Kier alpha value is -4.44. The van der Waals surface area contributed by atoms with Crippen molar-refractivity contribution in [3.63, 3.8) is 0 Å². The highest BCUT2D eigenvalue weighted by molar-refractivity contribution is 6.58. The lowest BCUT2D eigenvalue weighted by Crippen LogP contribution is -2.38. The topological polar surface area (TPSA) is 113 Å². The van der Waals surface area contributed by atoms with Gasteiger partial charge in [0, 0.05) is 11.9 Å². The maximum absolute atomic E-state index is 15.0. The molecule has 0 bridgehead atoms. The van der Waals surface area contributed by atoms with Crippen molar-refractivity contribution < 1.29 is 58.9 Å². The number of carbonyl (C=O) groups excluding carboxylic acids is 2. The first-order valence-electron chi connectivity index (χ1n) is 10.5. The molecule has 0 aliphatic heterocycles. The van der Waals surface area contributed by atoms with Crippen LogP contribution in [0.2, 0.25) is 0 Å². The SMILES string of the molecule is [B]C([B])([B])Oc1c(Oc2cc(C(F)(F)F)cc(F)c2C(=O)Nc2ccnc(C(N)=O)c2)ccc(OC(F)(F)F)c1F. The standard InChI is InChI=1S/C22H10B3F8N3O5/c23-21(24,25)41-17-13(2-1-12(16(17)27)40-22(31,32)33)39-14-6-8(20(28,29)30)5-10(26)15(14)19(38)36-9-3-4-35-11(7-9)18(34)37/h1-7H,(H2,34,37)(H,35,36,38). The minimum atomic E-state index is -5.41. The summed E-state index contributed by atoms with van der Waals surface area (Å²) in [6.45, 7) is 0. The van der Waals surface area contributed by atoms with Crippen LogP contribution in [-0.2, 0) is 6.18 Å². The molecule has 6 radical (unpaired) electrons. The molecule has 0 saturated heterocycles. The first kappa shape index (κ1) is 31.1. The number of nitrogens with one attached hydrogen (secondary N) is 1. The number of primary amides is 1. The zero-order chi connectivity index (χ0) is 30.9. The van der Waals surface area contributed by atoms with Gasteiger partial charge in [0.25, 0.3) is 11.8 Å². The fourth-order valence-corrected chi connectivity index (χ4v) is 3.08. The van der Waals surface area contributed by atoms with E-state index in [2.05, 4.69) is 19.8 Å². The third kappa shape index (κ3) is 8.05. The Kier molecular flexibility index (Phi) is 8.50. The van der Waals surface area contributed by atoms with Crippen molar-refractivity contribution in [1.82, 2.24) is 4.98 Å². The van der Waals surface area contributed by atoms with Crippen LogP contribution in [0.1, 0.15) is 26.4 Å². The summed E-state index contributed by atoms with van der Waals surface area (Å²) in [6.07, 6.45) is -9.60. The van der Waals surface area contributed by atoms with Crippen molar-refractivity contribution in [2.24, 2.45) is 5.73 Å². The van der Waals surface area contributed by atoms with Crippen LogP contribution in [0.25, 0.3) is 0 Å². The van der Waals surface area contributed by atoms with Gasteiger partial charge in [-0.2, -0.15) is 17.6 Å². The summed E-state index contributed by atoms with van der Waals surface area (Å²) < 4.78 is 121. The molecule has 0 aliphatic carbocycles. The third-order valence-electron chi connectivity index (χ3n) is 4.63. The first-order chi connectivity index (χ1) is 18.7. The number of nitrogens with zero attached hydrogens (tertiary/aromatic N) is 1. The van der Waals surface area contributed by atoms with Crippen LogP contribution in [-0.4, -0.2) is 52.0 Å². The Labute approximate surface area is 228 Å². The zero-order valence-electron chi connectivity index (χ0n) is 19.9. The van der Waals surface area contributed by atoms with Gasteiger partial charge in [-0.05, 0) is 41.7 Å². The van der Waals surface area contributed by atoms with Gasteiger partial charge in [0.1, 0.15) is 46.4 Å². The number of halogens is 8. The fraction of sp³-hybridized carbons (Fsp3) is 0.136. The molecule has 2 aromatic carbocycles. The van der Waals surface area contributed by atoms with Crippen LogP contribution in [0.5, 0.6) is 23.0 Å². The number of hydrogen-bond donors (Lipinski definition) is 2. The quantitative estimate of drug-likeness (QED) is 0.309. The molecule has 19 heteroatoms. The number of nitrogens with two attached hydrogens (primary N) is 1. The van der Waals surface area contributed by atoms with Crippen molar-refractivity contribution in [2.75, 3.05) is 5.32 Å². The van der Waals surface area contributed by atoms with Crippen LogP contribution in [0, 0.1) is 11.6 Å². The lowest BCUT2D eigenvalue weighted by Gasteiger charge is -2.26. The predicted molar refractivity (Wildman–Crippen MR) is 126 cm³/mol. The van der Waals surface area contributed by atoms with E-state index >= 15 is 0 Å². The highest BCUT2D eigenvalue weighted by Crippen LogP contribution is 2.43. The lowest BCUT2D eigenvalue weighted by molar-refractivity contribution is -0.275. The molecule has 0 fully saturated rings. The minimum Gasteiger partial charge on any atom is -0.510 e. The fourth-order valence-electron chi connectivity index (χ4n) is 3.08. The predicted octanol–water partition coefficient (Wildman–Crippen LogP) is 3.92. The Balaban J connectivity index is 2.16. The second-order valence-corrected chi connectivity index (χ2v) is 7.89. The largest absolute Gasteiger partial charge is 0.573 e. The summed E-state index contributed by atoms with van der Waals surface area (Å²) >= 11 is 0. The van der Waals surface area contributed by atoms with Gasteiger partial charge in [-0.1, -0.05) is 0 Å². The van der Waals surface area contributed by atoms with E-state index < -0.39 is 75.4 Å². The highest BCUT2D eigenvalue weighted by Gasteiger charge is 2.36. The van der Waals surface area contributed by atoms with E-state index in [1.54, 1.807) is 0 Å². The lowest BCUT2D eigenvalue weighted by atomic mass is 9.52. The normalized spacial score (nSPS) is 12.0. The van der Waals surface area contributed by atoms with Gasteiger partial charge < -0.3 is 25.3 Å². The molecule has 0 atom stereocenters. The van der Waals surface area contributed by atoms with Crippen molar-refractivity contribution >= 4 is 41.0 Å². The molecule has 1 aromatic heterocycles. The van der Waals surface area contributed by atoms with E-state index in [0.29, 0.717) is 12.1 Å². The summed E-state index contributed by atoms with van der Waals surface area (Å²) in [6, 6.07) is 2.94. The van der Waals surface area contributed by atoms with Crippen LogP contribution in [0.15, 0.2) is 42.6 Å². The van der Waals surface area contributed by atoms with Crippen molar-refractivity contribution in [3.8, 4) is 23.0 Å². The molecule has 0 spiro atoms. The van der Waals surface area contributed by atoms with Gasteiger partial charge in [-0.15, -0.1) is 13.2 Å². The molecule has 41 heavy (non-hydrogen) atoms. The number of carbonyl (C=O) groups is 2. The average Bonchev–Trinajstić information content (AvgIpc) is 2.81. The number of alkyl halides is 6. The van der Waals surface area contributed by atoms with Crippen LogP contribution in [0.4, 0.5) is 40.8 Å². The van der Waals surface area contributed by atoms with Crippen molar-refractivity contribution in [3.05, 3.63) is 71.1 Å². The van der Waals surface area contributed by atoms with Gasteiger partial charge >= 0.3 is 12.5 Å². The van der Waals surface area contributed by atoms with Crippen LogP contribution < -0.4 is 25.3 Å². The Morgan fingerprint density at radius 3 is 2.07 bits per heavy atom. The number of rotatable bonds is 8. The van der Waals surface area contributed by atoms with E-state index in [1.165, 1.54) is 0 Å². The zero-order valence-corrected chi connectivity index (χ0v) is 19.9. The van der Waals surface area contributed by atoms with Gasteiger partial charge in [-0.25, -0.2) is 4.39 Å². The first-order valence-corrected chi connectivity index (χ1v) is 10.5. The maximum atomic E-state index is 15.0. The third-order valence-corrected chi connectivity index (χ3v) is 4.63. The molecule has 208 valence electrons. The summed E-state index contributed by atoms with van der Waals surface area (Å²) in [4.78, 5) is 27.9. The minimum absolute atomic E-state index is 0.0634. The summed E-state index contributed by atoms with van der Waals surface area (Å²) in [5.41, 5.74) is 1.63. The summed E-state index contributed by atoms with van der Waals surface area (Å²) in [7, 11) is 15.6. The van der Waals surface area contributed by atoms with E-state index in [-0.39, 0.29) is 23.5 Å². The molecule has 8 nitrogen and oxygen atoms in total. The molecule has 0 unspecified atom stereocenters. The molecule has 0 saturated carbocycles. The van der Waals surface area contributed by atoms with Crippen LogP contribution in [0.3, 0.4) is 0 Å². The Morgan fingerprint density at radius 2 is 1.51 bits per heavy atom. The summed E-state index contributed by atoms with van der Waals surface area (Å²) in [5.74, 6) is -11.5. The molecule has 3 rings (SSSR count). The molecule has 3 aromatic rings. The average molecular weight is 581 g/mol. The number of ether oxygens (including phenoxy) is 3. The Morgan fingerprint density at radius 1 is 0.878 bits per heavy atom. The number of amides is 2. The van der Waals surface area contributed by atoms with Gasteiger partial charge in [0.05, 0.1) is 5.56 Å². The second kappa shape index (κ2) is 11.2. The summed E-state index contributed by atoms with van der Waals surface area (Å²) in [5, 5.41) is -0.718. The van der Waals surface area contributed by atoms with E-state index in [1.807, 2.05) is 0 Å². The smallest absolute Gasteiger partial charge is 0.510 e. The number of anilines is 1. The number of benzene rings is 2. The van der Waals surface area contributed by atoms with Crippen LogP contribution >= 0.6 is 0 Å². The van der Waals surface area contributed by atoms with Gasteiger partial charge in [-0.3, -0.25) is 14.6 Å². The molecular weight excluding hydrogens is 571 g/mol.